The van der Waals surface area contributed by atoms with E-state index in [0.717, 1.165) is 24.3 Å². The minimum absolute atomic E-state index is 0.383. The van der Waals surface area contributed by atoms with Gasteiger partial charge in [0.25, 0.3) is 21.3 Å². The Balaban J connectivity index is 0.000000981. The normalized spacial score (nSPS) is 14.6. The average Bonchev–Trinajstić information content (AvgIpc) is 2.71. The molecule has 2 atom stereocenters. The molecule has 2 aromatic rings. The van der Waals surface area contributed by atoms with Gasteiger partial charge in [-0.2, -0.15) is 8.42 Å². The number of carboxylic acids is 2. The molecule has 178 valence electrons. The second-order valence-electron chi connectivity index (χ2n) is 7.15. The predicted octanol–water partition coefficient (Wildman–Crippen LogP) is 0.504. The summed E-state index contributed by atoms with van der Waals surface area (Å²) in [5, 5.41) is 40.3. The number of benzene rings is 2. The van der Waals surface area contributed by atoms with E-state index in [1.807, 2.05) is 0 Å². The lowest BCUT2D eigenvalue weighted by atomic mass is 9.73. The van der Waals surface area contributed by atoms with Gasteiger partial charge in [0.1, 0.15) is 0 Å². The molecule has 0 aliphatic rings. The van der Waals surface area contributed by atoms with Crippen LogP contribution in [0.15, 0.2) is 48.5 Å². The van der Waals surface area contributed by atoms with Crippen molar-refractivity contribution in [1.82, 2.24) is 0 Å². The molecule has 0 saturated heterocycles. The highest BCUT2D eigenvalue weighted by molar-refractivity contribution is 7.85. The van der Waals surface area contributed by atoms with Crippen molar-refractivity contribution in [3.05, 3.63) is 70.8 Å². The third kappa shape index (κ3) is 6.08. The minimum Gasteiger partial charge on any atom is -0.479 e. The van der Waals surface area contributed by atoms with Crippen molar-refractivity contribution >= 4 is 33.6 Å². The highest BCUT2D eigenvalue weighted by atomic mass is 32.2. The second kappa shape index (κ2) is 10.0. The summed E-state index contributed by atoms with van der Waals surface area (Å²) in [4.78, 5) is 49.1. The van der Waals surface area contributed by atoms with Crippen molar-refractivity contribution < 1.29 is 52.6 Å². The molecule has 0 bridgehead atoms. The van der Waals surface area contributed by atoms with Crippen LogP contribution in [-0.2, 0) is 19.7 Å². The van der Waals surface area contributed by atoms with E-state index < -0.39 is 44.8 Å². The Labute approximate surface area is 188 Å². The Kier molecular flexibility index (Phi) is 8.36. The second-order valence-corrected chi connectivity index (χ2v) is 8.62. The van der Waals surface area contributed by atoms with Gasteiger partial charge in [0.2, 0.25) is 11.6 Å². The summed E-state index contributed by atoms with van der Waals surface area (Å²) in [6.07, 6.45) is 0.715. The van der Waals surface area contributed by atoms with E-state index in [2.05, 4.69) is 0 Å². The van der Waals surface area contributed by atoms with Crippen LogP contribution in [0.2, 0.25) is 0 Å². The summed E-state index contributed by atoms with van der Waals surface area (Å²) < 4.78 is 25.9. The molecule has 0 spiro atoms. The summed E-state index contributed by atoms with van der Waals surface area (Å²) in [7, 11) is -3.67. The molecule has 12 heteroatoms. The van der Waals surface area contributed by atoms with Crippen LogP contribution in [0.1, 0.15) is 31.8 Å². The third-order valence-electron chi connectivity index (χ3n) is 4.43. The average molecular weight is 482 g/mol. The molecule has 0 aliphatic heterocycles. The monoisotopic (exact) mass is 482 g/mol. The number of Topliss-reactive ketones (excluding diaryl/α,β-unsaturated/α-hetero) is 2. The fourth-order valence-electron chi connectivity index (χ4n) is 2.66. The zero-order chi connectivity index (χ0) is 25.8. The molecule has 0 aliphatic carbocycles. The summed E-state index contributed by atoms with van der Waals surface area (Å²) in [5.74, 6) is -8.01. The predicted molar refractivity (Wildman–Crippen MR) is 114 cm³/mol. The quantitative estimate of drug-likeness (QED) is 0.209. The van der Waals surface area contributed by atoms with Crippen molar-refractivity contribution in [3.63, 3.8) is 0 Å². The van der Waals surface area contributed by atoms with Crippen molar-refractivity contribution in [3.8, 4) is 0 Å². The summed E-state index contributed by atoms with van der Waals surface area (Å²) >= 11 is 0. The zero-order valence-electron chi connectivity index (χ0n) is 17.7. The number of hydrogen-bond donors (Lipinski definition) is 5. The largest absolute Gasteiger partial charge is 0.479 e. The first-order valence-electron chi connectivity index (χ1n) is 9.03. The van der Waals surface area contributed by atoms with Crippen LogP contribution in [0.4, 0.5) is 0 Å². The lowest BCUT2D eigenvalue weighted by Crippen LogP contribution is -2.71. The number of aliphatic carboxylic acids is 2. The molecule has 0 amide bonds. The fraction of sp³-hybridized carbons (Fsp3) is 0.238. The lowest BCUT2D eigenvalue weighted by Gasteiger charge is -2.34. The summed E-state index contributed by atoms with van der Waals surface area (Å²) in [5.41, 5.74) is -7.27. The van der Waals surface area contributed by atoms with Crippen LogP contribution >= 0.6 is 0 Å². The number of rotatable bonds is 7. The number of carbonyl (C=O) groups is 4. The van der Waals surface area contributed by atoms with Crippen molar-refractivity contribution in [2.24, 2.45) is 0 Å². The maximum atomic E-state index is 12.8. The molecule has 2 unspecified atom stereocenters. The Morgan fingerprint density at radius 1 is 0.667 bits per heavy atom. The first kappa shape index (κ1) is 27.6. The van der Waals surface area contributed by atoms with Gasteiger partial charge in [0.15, 0.2) is 0 Å². The van der Waals surface area contributed by atoms with Crippen LogP contribution in [0, 0.1) is 13.8 Å². The molecule has 0 aromatic heterocycles. The first-order chi connectivity index (χ1) is 15.0. The lowest BCUT2D eigenvalue weighted by molar-refractivity contribution is -0.187. The molecular formula is C21H22O11S. The number of carboxylic acid groups (broad SMARTS) is 2. The van der Waals surface area contributed by atoms with Gasteiger partial charge in [-0.05, 0) is 13.8 Å². The molecular weight excluding hydrogens is 460 g/mol. The molecule has 0 fully saturated rings. The zero-order valence-corrected chi connectivity index (χ0v) is 18.5. The third-order valence-corrected chi connectivity index (χ3v) is 4.43. The SMILES string of the molecule is CS(=O)(=O)O.Cc1ccc(C(=O)C(O)(C(=O)O)C(O)(C(=O)O)C(=O)c2ccc(C)cc2)cc1. The van der Waals surface area contributed by atoms with E-state index in [9.17, 15) is 48.0 Å². The van der Waals surface area contributed by atoms with E-state index in [0.29, 0.717) is 17.4 Å². The summed E-state index contributed by atoms with van der Waals surface area (Å²) in [6.45, 7) is 3.37. The van der Waals surface area contributed by atoms with Crippen LogP contribution in [0.25, 0.3) is 0 Å². The van der Waals surface area contributed by atoms with E-state index in [1.165, 1.54) is 24.3 Å². The van der Waals surface area contributed by atoms with Gasteiger partial charge in [-0.15, -0.1) is 0 Å². The molecule has 2 rings (SSSR count). The molecule has 0 radical (unpaired) electrons. The molecule has 11 nitrogen and oxygen atoms in total. The minimum atomic E-state index is -3.96. The van der Waals surface area contributed by atoms with Gasteiger partial charge in [0.05, 0.1) is 6.26 Å². The Bertz CT molecular complexity index is 1080. The highest BCUT2D eigenvalue weighted by Crippen LogP contribution is 2.32. The van der Waals surface area contributed by atoms with Gasteiger partial charge >= 0.3 is 11.9 Å². The molecule has 0 saturated carbocycles. The van der Waals surface area contributed by atoms with Crippen LogP contribution < -0.4 is 0 Å². The molecule has 2 aromatic carbocycles. The Morgan fingerprint density at radius 2 is 0.879 bits per heavy atom. The van der Waals surface area contributed by atoms with Crippen molar-refractivity contribution in [2.75, 3.05) is 6.26 Å². The molecule has 5 N–H and O–H groups in total. The number of ketones is 2. The van der Waals surface area contributed by atoms with Gasteiger partial charge in [-0.1, -0.05) is 59.7 Å². The Hall–Kier alpha value is -3.45. The van der Waals surface area contributed by atoms with E-state index in [1.54, 1.807) is 13.8 Å². The highest BCUT2D eigenvalue weighted by Gasteiger charge is 2.69. The summed E-state index contributed by atoms with van der Waals surface area (Å²) in [6, 6.07) is 10.3. The molecule has 33 heavy (non-hydrogen) atoms. The van der Waals surface area contributed by atoms with Crippen molar-refractivity contribution in [2.45, 2.75) is 25.0 Å². The standard InChI is InChI=1S/C20H18O8.CH4O3S/c1-11-3-7-13(8-4-11)15(21)19(27,17(23)24)20(28,18(25)26)16(22)14-9-5-12(2)6-10-14;1-5(2,3)4/h3-10,27-28H,1-2H3,(H,23,24)(H,25,26);1H3,(H,2,3,4). The number of aryl methyl sites for hydroxylation is 2. The van der Waals surface area contributed by atoms with Crippen LogP contribution in [0.5, 0.6) is 0 Å². The van der Waals surface area contributed by atoms with E-state index >= 15 is 0 Å². The smallest absolute Gasteiger partial charge is 0.348 e. The Morgan fingerprint density at radius 3 is 1.06 bits per heavy atom. The number of carbonyl (C=O) groups excluding carboxylic acids is 2. The van der Waals surface area contributed by atoms with Gasteiger partial charge in [-0.25, -0.2) is 9.59 Å². The molecule has 0 heterocycles. The maximum absolute atomic E-state index is 12.8. The number of hydrogen-bond acceptors (Lipinski definition) is 8. The van der Waals surface area contributed by atoms with E-state index in [-0.39, 0.29) is 11.1 Å². The topological polar surface area (TPSA) is 204 Å². The van der Waals surface area contributed by atoms with Crippen LogP contribution in [-0.4, -0.2) is 74.4 Å². The van der Waals surface area contributed by atoms with Crippen LogP contribution in [0.3, 0.4) is 0 Å². The van der Waals surface area contributed by atoms with Crippen molar-refractivity contribution in [1.29, 1.82) is 0 Å². The van der Waals surface area contributed by atoms with Gasteiger partial charge in [0, 0.05) is 11.1 Å². The number of aliphatic hydroxyl groups is 2. The fourth-order valence-corrected chi connectivity index (χ4v) is 2.66. The van der Waals surface area contributed by atoms with Gasteiger partial charge in [-0.3, -0.25) is 14.1 Å². The first-order valence-corrected chi connectivity index (χ1v) is 10.9. The van der Waals surface area contributed by atoms with Gasteiger partial charge < -0.3 is 20.4 Å². The maximum Gasteiger partial charge on any atom is 0.348 e. The van der Waals surface area contributed by atoms with E-state index in [4.69, 9.17) is 4.55 Å².